The van der Waals surface area contributed by atoms with Gasteiger partial charge in [0.15, 0.2) is 6.10 Å². The van der Waals surface area contributed by atoms with Crippen molar-refractivity contribution in [1.29, 1.82) is 0 Å². The highest BCUT2D eigenvalue weighted by molar-refractivity contribution is 9.10. The fourth-order valence-electron chi connectivity index (χ4n) is 1.97. The zero-order chi connectivity index (χ0) is 16.1. The van der Waals surface area contributed by atoms with E-state index in [0.717, 1.165) is 5.56 Å². The molecule has 0 saturated heterocycles. The van der Waals surface area contributed by atoms with Crippen LogP contribution in [0.15, 0.2) is 46.9 Å². The number of carbonyl (C=O) groups is 1. The smallest absolute Gasteiger partial charge is 0.265 e. The van der Waals surface area contributed by atoms with Gasteiger partial charge in [0.25, 0.3) is 5.91 Å². The van der Waals surface area contributed by atoms with Gasteiger partial charge in [0.05, 0.1) is 5.69 Å². The van der Waals surface area contributed by atoms with E-state index in [2.05, 4.69) is 21.2 Å². The molecule has 0 aliphatic carbocycles. The Hall–Kier alpha value is -1.88. The summed E-state index contributed by atoms with van der Waals surface area (Å²) < 4.78 is 20.1. The van der Waals surface area contributed by atoms with Gasteiger partial charge >= 0.3 is 0 Å². The van der Waals surface area contributed by atoms with Gasteiger partial charge in [-0.15, -0.1) is 0 Å². The lowest BCUT2D eigenvalue weighted by Gasteiger charge is -2.18. The van der Waals surface area contributed by atoms with E-state index >= 15 is 0 Å². The molecular formula is C17H17BrFNO2. The number of para-hydroxylation sites is 1. The SMILES string of the molecule is CCC(Oc1ccccc1C)C(=O)Nc1ccc(Br)cc1F. The average molecular weight is 366 g/mol. The van der Waals surface area contributed by atoms with Crippen molar-refractivity contribution in [2.24, 2.45) is 0 Å². The third-order valence-corrected chi connectivity index (χ3v) is 3.71. The molecule has 0 aromatic heterocycles. The number of amides is 1. The highest BCUT2D eigenvalue weighted by atomic mass is 79.9. The molecule has 22 heavy (non-hydrogen) atoms. The second kappa shape index (κ2) is 7.40. The maximum Gasteiger partial charge on any atom is 0.265 e. The molecule has 1 unspecified atom stereocenters. The second-order valence-corrected chi connectivity index (χ2v) is 5.81. The lowest BCUT2D eigenvalue weighted by atomic mass is 10.2. The van der Waals surface area contributed by atoms with E-state index < -0.39 is 11.9 Å². The van der Waals surface area contributed by atoms with Crippen molar-refractivity contribution in [2.75, 3.05) is 5.32 Å². The number of hydrogen-bond donors (Lipinski definition) is 1. The van der Waals surface area contributed by atoms with Crippen LogP contribution in [0.25, 0.3) is 0 Å². The number of aryl methyl sites for hydroxylation is 1. The average Bonchev–Trinajstić information content (AvgIpc) is 2.49. The number of halogens is 2. The second-order valence-electron chi connectivity index (χ2n) is 4.89. The third-order valence-electron chi connectivity index (χ3n) is 3.22. The molecule has 0 spiro atoms. The van der Waals surface area contributed by atoms with Crippen LogP contribution in [-0.2, 0) is 4.79 Å². The van der Waals surface area contributed by atoms with Gasteiger partial charge in [-0.05, 0) is 43.2 Å². The first kappa shape index (κ1) is 16.5. The number of benzene rings is 2. The van der Waals surface area contributed by atoms with Crippen molar-refractivity contribution in [3.63, 3.8) is 0 Å². The van der Waals surface area contributed by atoms with Crippen molar-refractivity contribution < 1.29 is 13.9 Å². The summed E-state index contributed by atoms with van der Waals surface area (Å²) in [5, 5.41) is 2.57. The van der Waals surface area contributed by atoms with Crippen molar-refractivity contribution in [1.82, 2.24) is 0 Å². The van der Waals surface area contributed by atoms with Crippen LogP contribution in [0, 0.1) is 12.7 Å². The lowest BCUT2D eigenvalue weighted by molar-refractivity contribution is -0.122. The lowest BCUT2D eigenvalue weighted by Crippen LogP contribution is -2.32. The summed E-state index contributed by atoms with van der Waals surface area (Å²) in [5.41, 5.74) is 1.09. The Balaban J connectivity index is 2.10. The van der Waals surface area contributed by atoms with E-state index in [0.29, 0.717) is 16.6 Å². The number of hydrogen-bond acceptors (Lipinski definition) is 2. The summed E-state index contributed by atoms with van der Waals surface area (Å²) in [7, 11) is 0. The topological polar surface area (TPSA) is 38.3 Å². The van der Waals surface area contributed by atoms with E-state index in [1.165, 1.54) is 12.1 Å². The number of anilines is 1. The van der Waals surface area contributed by atoms with Gasteiger partial charge in [-0.1, -0.05) is 41.1 Å². The fourth-order valence-corrected chi connectivity index (χ4v) is 2.30. The molecule has 1 amide bonds. The van der Waals surface area contributed by atoms with Gasteiger partial charge in [0, 0.05) is 4.47 Å². The van der Waals surface area contributed by atoms with E-state index in [1.807, 2.05) is 38.1 Å². The molecule has 2 rings (SSSR count). The molecule has 1 N–H and O–H groups in total. The van der Waals surface area contributed by atoms with Crippen LogP contribution in [0.1, 0.15) is 18.9 Å². The van der Waals surface area contributed by atoms with Crippen LogP contribution in [-0.4, -0.2) is 12.0 Å². The Morgan fingerprint density at radius 1 is 1.32 bits per heavy atom. The Bertz CT molecular complexity index is 675. The van der Waals surface area contributed by atoms with Crippen molar-refractivity contribution >= 4 is 27.5 Å². The molecule has 5 heteroatoms. The summed E-state index contributed by atoms with van der Waals surface area (Å²) in [6, 6.07) is 12.0. The minimum absolute atomic E-state index is 0.139. The molecule has 1 atom stereocenters. The Labute approximate surface area is 137 Å². The monoisotopic (exact) mass is 365 g/mol. The molecule has 116 valence electrons. The summed E-state index contributed by atoms with van der Waals surface area (Å²) >= 11 is 3.18. The summed E-state index contributed by atoms with van der Waals surface area (Å²) in [6.07, 6.45) is -0.192. The highest BCUT2D eigenvalue weighted by Crippen LogP contribution is 2.22. The van der Waals surface area contributed by atoms with Crippen LogP contribution in [0.5, 0.6) is 5.75 Å². The van der Waals surface area contributed by atoms with E-state index in [1.54, 1.807) is 6.07 Å². The Morgan fingerprint density at radius 3 is 2.68 bits per heavy atom. The normalized spacial score (nSPS) is 11.8. The van der Waals surface area contributed by atoms with Gasteiger partial charge in [-0.25, -0.2) is 4.39 Å². The Morgan fingerprint density at radius 2 is 2.05 bits per heavy atom. The van der Waals surface area contributed by atoms with Gasteiger partial charge in [0.1, 0.15) is 11.6 Å². The zero-order valence-electron chi connectivity index (χ0n) is 12.4. The fraction of sp³-hybridized carbons (Fsp3) is 0.235. The molecule has 2 aromatic carbocycles. The summed E-state index contributed by atoms with van der Waals surface area (Å²) in [6.45, 7) is 3.76. The summed E-state index contributed by atoms with van der Waals surface area (Å²) in [5.74, 6) is -0.207. The van der Waals surface area contributed by atoms with Crippen LogP contribution in [0.3, 0.4) is 0 Å². The minimum atomic E-state index is -0.677. The molecule has 0 heterocycles. The number of carbonyl (C=O) groups excluding carboxylic acids is 1. The molecule has 0 aliphatic heterocycles. The number of nitrogens with one attached hydrogen (secondary N) is 1. The third kappa shape index (κ3) is 4.07. The Kier molecular flexibility index (Phi) is 5.55. The van der Waals surface area contributed by atoms with E-state index in [9.17, 15) is 9.18 Å². The first-order valence-corrected chi connectivity index (χ1v) is 7.78. The van der Waals surface area contributed by atoms with E-state index in [-0.39, 0.29) is 11.6 Å². The molecule has 0 radical (unpaired) electrons. The first-order chi connectivity index (χ1) is 10.5. The molecule has 2 aromatic rings. The molecule has 0 aliphatic rings. The van der Waals surface area contributed by atoms with Crippen molar-refractivity contribution in [3.05, 3.63) is 58.3 Å². The quantitative estimate of drug-likeness (QED) is 0.834. The molecular weight excluding hydrogens is 349 g/mol. The maximum atomic E-state index is 13.8. The van der Waals surface area contributed by atoms with Crippen molar-refractivity contribution in [3.8, 4) is 5.75 Å². The zero-order valence-corrected chi connectivity index (χ0v) is 14.0. The van der Waals surface area contributed by atoms with E-state index in [4.69, 9.17) is 4.74 Å². The molecule has 3 nitrogen and oxygen atoms in total. The van der Waals surface area contributed by atoms with Crippen LogP contribution in [0.4, 0.5) is 10.1 Å². The number of ether oxygens (including phenoxy) is 1. The number of rotatable bonds is 5. The van der Waals surface area contributed by atoms with Gasteiger partial charge < -0.3 is 10.1 Å². The molecule has 0 saturated carbocycles. The molecule has 0 bridgehead atoms. The minimum Gasteiger partial charge on any atom is -0.480 e. The van der Waals surface area contributed by atoms with Gasteiger partial charge in [-0.3, -0.25) is 4.79 Å². The van der Waals surface area contributed by atoms with Crippen molar-refractivity contribution in [2.45, 2.75) is 26.4 Å². The highest BCUT2D eigenvalue weighted by Gasteiger charge is 2.20. The first-order valence-electron chi connectivity index (χ1n) is 6.99. The van der Waals surface area contributed by atoms with Crippen LogP contribution < -0.4 is 10.1 Å². The van der Waals surface area contributed by atoms with Crippen LogP contribution in [0.2, 0.25) is 0 Å². The predicted molar refractivity (Wildman–Crippen MR) is 88.6 cm³/mol. The molecule has 0 fully saturated rings. The van der Waals surface area contributed by atoms with Gasteiger partial charge in [0.2, 0.25) is 0 Å². The summed E-state index contributed by atoms with van der Waals surface area (Å²) in [4.78, 5) is 12.3. The standard InChI is InChI=1S/C17H17BrFNO2/c1-3-15(22-16-7-5-4-6-11(16)2)17(21)20-14-9-8-12(18)10-13(14)19/h4-10,15H,3H2,1-2H3,(H,20,21). The maximum absolute atomic E-state index is 13.8. The largest absolute Gasteiger partial charge is 0.480 e. The van der Waals surface area contributed by atoms with Crippen LogP contribution >= 0.6 is 15.9 Å². The predicted octanol–water partition coefficient (Wildman–Crippen LogP) is 4.69. The van der Waals surface area contributed by atoms with Gasteiger partial charge in [-0.2, -0.15) is 0 Å².